The molecule has 0 saturated heterocycles. The van der Waals surface area contributed by atoms with Gasteiger partial charge in [-0.1, -0.05) is 75.0 Å². The van der Waals surface area contributed by atoms with Gasteiger partial charge in [0.1, 0.15) is 34.9 Å². The first-order valence-electron chi connectivity index (χ1n) is 20.7. The molecule has 350 valence electrons. The zero-order chi connectivity index (χ0) is 45.8. The number of benzene rings is 6. The molecule has 0 N–H and O–H groups in total. The molecule has 0 amide bonds. The van der Waals surface area contributed by atoms with E-state index in [1.807, 2.05) is 207 Å². The molecule has 3 aromatic heterocycles. The first-order chi connectivity index (χ1) is 33.1. The van der Waals surface area contributed by atoms with Crippen LogP contribution >= 0.6 is 39.1 Å². The van der Waals surface area contributed by atoms with Crippen LogP contribution in [0.15, 0.2) is 199 Å². The van der Waals surface area contributed by atoms with Gasteiger partial charge in [0, 0.05) is 94.5 Å². The normalized spacial score (nSPS) is 12.6. The molecule has 0 aliphatic carbocycles. The van der Waals surface area contributed by atoms with Crippen LogP contribution in [0.1, 0.15) is 0 Å². The van der Waals surface area contributed by atoms with Gasteiger partial charge < -0.3 is 29.4 Å². The quantitative estimate of drug-likeness (QED) is 0.117. The number of rotatable bonds is 6. The van der Waals surface area contributed by atoms with Gasteiger partial charge in [0.2, 0.25) is 0 Å². The summed E-state index contributed by atoms with van der Waals surface area (Å²) in [6, 6.07) is 61.5. The van der Waals surface area contributed by atoms with Crippen LogP contribution in [0.4, 0.5) is 69.0 Å². The van der Waals surface area contributed by atoms with Gasteiger partial charge in [0.05, 0.1) is 5.34 Å². The largest absolute Gasteiger partial charge is 0.477 e. The molecule has 2 radical (unpaired) electrons. The molecule has 3 aliphatic heterocycles. The van der Waals surface area contributed by atoms with Crippen molar-refractivity contribution in [2.24, 2.45) is 0 Å². The minimum atomic E-state index is 0. The van der Waals surface area contributed by atoms with Crippen molar-refractivity contribution < 1.29 is 40.2 Å². The Kier molecular flexibility index (Phi) is 18.2. The molecule has 0 unspecified atom stereocenters. The Labute approximate surface area is 447 Å². The second kappa shape index (κ2) is 24.8. The average Bonchev–Trinajstić information content (AvgIpc) is 4.11. The summed E-state index contributed by atoms with van der Waals surface area (Å²) in [5, 5.41) is 0.194. The van der Waals surface area contributed by atoms with Crippen LogP contribution in [0.5, 0.6) is 0 Å². The minimum absolute atomic E-state index is 0. The number of nitrogens with zero attached hydrogens (tertiary/aromatic N) is 12. The van der Waals surface area contributed by atoms with E-state index < -0.39 is 0 Å². The Bertz CT molecular complexity index is 2720. The van der Waals surface area contributed by atoms with Crippen molar-refractivity contribution in [2.45, 2.75) is 0 Å². The Balaban J connectivity index is 0.000000146. The maximum atomic E-state index is 4.76. The standard InChI is InChI=1S/C17H11BrN4.2C17H12N4.CH2Cl2.2Ir/c18-13-5-4-8-15(11-13)22-12-21(14-6-2-1-3-7-14)16-17(22)20-10-9-19-16;2*1-3-7-14(8-4-1)20-13-21(15-9-5-2-6-10-15)17-16(20)18-11-12-19-17;2-1-3;;/h1-7,9-12H;2*1-9,11-13H;1H2;;/q3*-2;;;. The van der Waals surface area contributed by atoms with Crippen molar-refractivity contribution in [3.05, 3.63) is 238 Å². The summed E-state index contributed by atoms with van der Waals surface area (Å²) in [6.45, 7) is 5.97. The predicted octanol–water partition coefficient (Wildman–Crippen LogP) is 13.2. The van der Waals surface area contributed by atoms with E-state index in [0.29, 0.717) is 0 Å². The smallest absolute Gasteiger partial charge is 0.145 e. The van der Waals surface area contributed by atoms with Gasteiger partial charge in [-0.3, -0.25) is 0 Å². The number of aromatic nitrogens is 6. The summed E-state index contributed by atoms with van der Waals surface area (Å²) < 4.78 is 0.998. The topological polar surface area (TPSA) is 96.8 Å². The Morgan fingerprint density at radius 3 is 0.971 bits per heavy atom. The zero-order valence-electron chi connectivity index (χ0n) is 36.1. The molecule has 0 saturated carbocycles. The van der Waals surface area contributed by atoms with Gasteiger partial charge in [-0.2, -0.15) is 78.9 Å². The average molecular weight is 1370 g/mol. The Hall–Kier alpha value is -6.28. The molecule has 12 rings (SSSR count). The predicted molar refractivity (Wildman–Crippen MR) is 271 cm³/mol. The second-order valence-electron chi connectivity index (χ2n) is 14.2. The fourth-order valence-electron chi connectivity index (χ4n) is 7.16. The van der Waals surface area contributed by atoms with E-state index in [9.17, 15) is 0 Å². The van der Waals surface area contributed by atoms with Gasteiger partial charge in [-0.25, -0.2) is 29.9 Å². The van der Waals surface area contributed by atoms with Crippen molar-refractivity contribution in [3.8, 4) is 0 Å². The van der Waals surface area contributed by atoms with E-state index >= 15 is 0 Å². The third kappa shape index (κ3) is 11.8. The number of alkyl halides is 2. The van der Waals surface area contributed by atoms with Gasteiger partial charge >= 0.3 is 0 Å². The third-order valence-corrected chi connectivity index (χ3v) is 10.6. The molecule has 0 fully saturated rings. The van der Waals surface area contributed by atoms with E-state index in [4.69, 9.17) is 23.2 Å². The van der Waals surface area contributed by atoms with Crippen LogP contribution in [0.25, 0.3) is 0 Å². The summed E-state index contributed by atoms with van der Waals surface area (Å²) in [6.07, 6.45) is 10.2. The zero-order valence-corrected chi connectivity index (χ0v) is 44.0. The number of halogens is 3. The monoisotopic (exact) mass is 1360 g/mol. The van der Waals surface area contributed by atoms with Crippen molar-refractivity contribution in [1.82, 2.24) is 29.9 Å². The Morgan fingerprint density at radius 1 is 0.377 bits per heavy atom. The summed E-state index contributed by atoms with van der Waals surface area (Å²) in [5.74, 6) is 4.86. The van der Waals surface area contributed by atoms with Gasteiger partial charge in [0.25, 0.3) is 0 Å². The molecule has 12 nitrogen and oxygen atoms in total. The number of fused-ring (bicyclic) bond motifs is 3. The molecular weight excluding hydrogens is 1330 g/mol. The van der Waals surface area contributed by atoms with Crippen LogP contribution in [-0.2, 0) is 40.2 Å². The number of hydrogen-bond acceptors (Lipinski definition) is 12. The maximum Gasteiger partial charge on any atom is 0.145 e. The fraction of sp³-hybridized carbons (Fsp3) is 0.0192. The van der Waals surface area contributed by atoms with E-state index in [1.165, 1.54) is 0 Å². The molecule has 9 aromatic rings. The number of hydrogen-bond donors (Lipinski definition) is 0. The maximum absolute atomic E-state index is 4.76. The molecule has 0 bridgehead atoms. The van der Waals surface area contributed by atoms with E-state index in [-0.39, 0.29) is 45.5 Å². The van der Waals surface area contributed by atoms with Gasteiger partial charge in [-0.15, -0.1) is 66.3 Å². The van der Waals surface area contributed by atoms with E-state index in [1.54, 1.807) is 37.2 Å². The van der Waals surface area contributed by atoms with Crippen LogP contribution in [-0.4, -0.2) is 35.2 Å². The summed E-state index contributed by atoms with van der Waals surface area (Å²) in [7, 11) is 0. The van der Waals surface area contributed by atoms with Crippen molar-refractivity contribution in [2.75, 3.05) is 34.7 Å². The van der Waals surface area contributed by atoms with Crippen LogP contribution in [0.2, 0.25) is 0 Å². The summed E-state index contributed by atoms with van der Waals surface area (Å²) in [5.41, 5.74) is 5.95. The van der Waals surface area contributed by atoms with Crippen molar-refractivity contribution >= 4 is 108 Å². The van der Waals surface area contributed by atoms with Crippen LogP contribution in [0.3, 0.4) is 0 Å². The molecule has 6 aromatic carbocycles. The molecule has 17 heteroatoms. The molecular formula is C52H37BrCl2Ir2N12-6. The number of para-hydroxylation sites is 5. The second-order valence-corrected chi connectivity index (χ2v) is 15.9. The molecule has 0 spiro atoms. The van der Waals surface area contributed by atoms with E-state index in [2.05, 4.69) is 64.0 Å². The molecule has 69 heavy (non-hydrogen) atoms. The summed E-state index contributed by atoms with van der Waals surface area (Å²) >= 11 is 13.0. The summed E-state index contributed by atoms with van der Waals surface area (Å²) in [4.78, 5) is 38.9. The van der Waals surface area contributed by atoms with Gasteiger partial charge in [0.15, 0.2) is 0 Å². The molecule has 0 atom stereocenters. The third-order valence-electron chi connectivity index (χ3n) is 10.1. The van der Waals surface area contributed by atoms with E-state index in [0.717, 1.165) is 73.5 Å². The van der Waals surface area contributed by atoms with Crippen molar-refractivity contribution in [1.29, 1.82) is 0 Å². The SMILES string of the molecule is Brc1cc[c-]c(N2[CH-]N(c3ccccc3)c3nccnc32)c1.ClCCl.[Ir].[Ir].[c-]1ccccc1N1[CH-]N(c2ccccc2)c2nccnc21.[c-]1ccccc1N1[CH-]N(c2ccccc2)c2nccnc21. The first-order valence-corrected chi connectivity index (χ1v) is 22.6. The molecule has 6 heterocycles. The molecule has 3 aliphatic rings. The minimum Gasteiger partial charge on any atom is -0.477 e. The Morgan fingerprint density at radius 2 is 0.667 bits per heavy atom. The van der Waals surface area contributed by atoms with Crippen molar-refractivity contribution in [3.63, 3.8) is 0 Å². The van der Waals surface area contributed by atoms with Gasteiger partial charge in [-0.05, 0) is 36.4 Å². The fourth-order valence-corrected chi connectivity index (χ4v) is 7.51. The first kappa shape index (κ1) is 50.6. The number of anilines is 12. The van der Waals surface area contributed by atoms with Crippen LogP contribution < -0.4 is 29.4 Å². The van der Waals surface area contributed by atoms with Crippen LogP contribution in [0, 0.1) is 38.2 Å².